The van der Waals surface area contributed by atoms with Gasteiger partial charge in [0, 0.05) is 0 Å². The molecule has 1 saturated carbocycles. The fourth-order valence-electron chi connectivity index (χ4n) is 5.63. The summed E-state index contributed by atoms with van der Waals surface area (Å²) in [5.41, 5.74) is 7.69. The van der Waals surface area contributed by atoms with Crippen molar-refractivity contribution in [1.29, 1.82) is 0 Å². The molecule has 0 nitrogen and oxygen atoms in total. The molecule has 0 amide bonds. The first-order valence-electron chi connectivity index (χ1n) is 13.6. The molecule has 0 saturated heterocycles. The van der Waals surface area contributed by atoms with Crippen LogP contribution in [0.1, 0.15) is 110 Å². The maximum absolute atomic E-state index is 2.45. The van der Waals surface area contributed by atoms with E-state index >= 15 is 0 Å². The minimum atomic E-state index is 0. The Morgan fingerprint density at radius 2 is 1.49 bits per heavy atom. The number of fused-ring (bicyclic) bond motifs is 3. The summed E-state index contributed by atoms with van der Waals surface area (Å²) in [6.45, 7) is 16.2. The zero-order chi connectivity index (χ0) is 25.4. The van der Waals surface area contributed by atoms with Crippen molar-refractivity contribution in [3.05, 3.63) is 70.8 Å². The van der Waals surface area contributed by atoms with Gasteiger partial charge in [-0.05, 0) is 23.7 Å². The van der Waals surface area contributed by atoms with Crippen molar-refractivity contribution in [1.82, 2.24) is 0 Å². The molecule has 3 aromatic carbocycles. The van der Waals surface area contributed by atoms with Crippen LogP contribution in [-0.4, -0.2) is 3.21 Å². The van der Waals surface area contributed by atoms with Gasteiger partial charge >= 0.3 is 59.5 Å². The van der Waals surface area contributed by atoms with E-state index in [0.717, 1.165) is 12.8 Å². The molecule has 0 bridgehead atoms. The Morgan fingerprint density at radius 1 is 0.838 bits per heavy atom. The fraction of sp³-hybridized carbons (Fsp3) is 0.471. The SMILES string of the molecule is CCC1=C(c2c(C(C)(C)C)ccc3c2[cH-]c2cc(C(C)(C)C)ccc23)CC=C1.[Cl-].[Cl-].[Zr+2]=[C]1CCCCC1. The van der Waals surface area contributed by atoms with Gasteiger partial charge in [-0.15, -0.1) is 33.7 Å². The van der Waals surface area contributed by atoms with Crippen LogP contribution in [0.15, 0.2) is 54.1 Å². The Bertz CT molecular complexity index is 1300. The van der Waals surface area contributed by atoms with Crippen LogP contribution in [0, 0.1) is 0 Å². The van der Waals surface area contributed by atoms with Gasteiger partial charge in [0.2, 0.25) is 0 Å². The molecule has 3 heteroatoms. The van der Waals surface area contributed by atoms with E-state index in [1.165, 1.54) is 81.5 Å². The summed E-state index contributed by atoms with van der Waals surface area (Å²) in [5.74, 6) is 0. The van der Waals surface area contributed by atoms with E-state index in [1.54, 1.807) is 27.4 Å². The van der Waals surface area contributed by atoms with Crippen LogP contribution in [0.4, 0.5) is 0 Å². The third-order valence-electron chi connectivity index (χ3n) is 7.73. The molecular formula is C34H43Cl2Zr-. The van der Waals surface area contributed by atoms with Gasteiger partial charge in [-0.1, -0.05) is 113 Å². The third kappa shape index (κ3) is 7.21. The van der Waals surface area contributed by atoms with Crippen molar-refractivity contribution in [2.45, 2.75) is 104 Å². The molecule has 5 rings (SSSR count). The molecule has 1 fully saturated rings. The number of benzene rings is 2. The van der Waals surface area contributed by atoms with Gasteiger partial charge in [-0.2, -0.15) is 0 Å². The van der Waals surface area contributed by atoms with Crippen LogP contribution in [0.25, 0.3) is 27.1 Å². The van der Waals surface area contributed by atoms with Crippen LogP contribution in [0.5, 0.6) is 0 Å². The van der Waals surface area contributed by atoms with Gasteiger partial charge in [0.05, 0.1) is 0 Å². The van der Waals surface area contributed by atoms with Crippen molar-refractivity contribution in [3.8, 4) is 0 Å². The predicted octanol–water partition coefficient (Wildman–Crippen LogP) is 4.11. The van der Waals surface area contributed by atoms with Crippen molar-refractivity contribution in [2.75, 3.05) is 0 Å². The molecule has 0 N–H and O–H groups in total. The van der Waals surface area contributed by atoms with E-state index in [4.69, 9.17) is 0 Å². The Kier molecular flexibility index (Phi) is 11.3. The number of hydrogen-bond donors (Lipinski definition) is 0. The molecule has 0 atom stereocenters. The minimum absolute atomic E-state index is 0. The Balaban J connectivity index is 0.000000466. The first-order chi connectivity index (χ1) is 16.5. The molecular weight excluding hydrogens is 571 g/mol. The summed E-state index contributed by atoms with van der Waals surface area (Å²) in [7, 11) is 0. The molecule has 0 spiro atoms. The molecule has 2 aliphatic rings. The summed E-state index contributed by atoms with van der Waals surface area (Å²) >= 11 is 1.69. The van der Waals surface area contributed by atoms with Gasteiger partial charge in [0.1, 0.15) is 0 Å². The number of halogens is 2. The maximum atomic E-state index is 2.45. The van der Waals surface area contributed by atoms with E-state index < -0.39 is 0 Å². The average molecular weight is 614 g/mol. The van der Waals surface area contributed by atoms with E-state index in [1.807, 2.05) is 0 Å². The molecule has 198 valence electrons. The van der Waals surface area contributed by atoms with Crippen LogP contribution in [0.2, 0.25) is 0 Å². The molecule has 0 aromatic heterocycles. The predicted molar refractivity (Wildman–Crippen MR) is 154 cm³/mol. The number of rotatable bonds is 2. The van der Waals surface area contributed by atoms with E-state index in [0.29, 0.717) is 0 Å². The summed E-state index contributed by atoms with van der Waals surface area (Å²) in [6.07, 6.45) is 14.1. The standard InChI is InChI=1S/C28H33.C6H10.2ClH.Zr/c1-8-18-10-9-11-22(18)26-24-17-19-16-20(27(2,3)4)12-13-21(19)23(24)14-15-25(26)28(5,6)7;1-2-4-6-5-3-1;;;/h9-10,12-17H,8,11H2,1-7H3;1-5H2;2*1H;/q-1;;;;+2/p-2. The molecule has 0 aliphatic heterocycles. The van der Waals surface area contributed by atoms with Crippen molar-refractivity contribution in [3.63, 3.8) is 0 Å². The quantitative estimate of drug-likeness (QED) is 0.382. The topological polar surface area (TPSA) is 0 Å². The Labute approximate surface area is 252 Å². The molecule has 37 heavy (non-hydrogen) atoms. The molecule has 3 aromatic rings. The normalized spacial score (nSPS) is 16.0. The van der Waals surface area contributed by atoms with Gasteiger partial charge in [0.25, 0.3) is 0 Å². The van der Waals surface area contributed by atoms with Crippen LogP contribution < -0.4 is 24.8 Å². The third-order valence-corrected chi connectivity index (χ3v) is 8.96. The van der Waals surface area contributed by atoms with Gasteiger partial charge in [0.15, 0.2) is 0 Å². The Hall–Kier alpha value is -0.877. The van der Waals surface area contributed by atoms with Gasteiger partial charge in [-0.3, -0.25) is 0 Å². The van der Waals surface area contributed by atoms with E-state index in [9.17, 15) is 0 Å². The monoisotopic (exact) mass is 611 g/mol. The van der Waals surface area contributed by atoms with Crippen LogP contribution in [0.3, 0.4) is 0 Å². The average Bonchev–Trinajstić information content (AvgIpc) is 3.42. The number of allylic oxidation sites excluding steroid dienone is 4. The Morgan fingerprint density at radius 3 is 2.03 bits per heavy atom. The number of hydrogen-bond acceptors (Lipinski definition) is 0. The second-order valence-corrected chi connectivity index (χ2v) is 14.3. The zero-order valence-corrected chi connectivity index (χ0v) is 27.8. The summed E-state index contributed by atoms with van der Waals surface area (Å²) in [5, 5.41) is 5.58. The first kappa shape index (κ1) is 32.3. The van der Waals surface area contributed by atoms with Gasteiger partial charge < -0.3 is 24.8 Å². The van der Waals surface area contributed by atoms with Crippen molar-refractivity contribution < 1.29 is 49.0 Å². The van der Waals surface area contributed by atoms with Crippen molar-refractivity contribution in [2.24, 2.45) is 0 Å². The van der Waals surface area contributed by atoms with Gasteiger partial charge in [-0.25, -0.2) is 0 Å². The molecule has 0 unspecified atom stereocenters. The van der Waals surface area contributed by atoms with Crippen molar-refractivity contribution >= 4 is 30.3 Å². The fourth-order valence-corrected chi connectivity index (χ4v) is 6.50. The summed E-state index contributed by atoms with van der Waals surface area (Å²) in [6, 6.07) is 14.2. The van der Waals surface area contributed by atoms with Crippen LogP contribution in [-0.2, 0) is 35.1 Å². The van der Waals surface area contributed by atoms with Crippen LogP contribution >= 0.6 is 0 Å². The second-order valence-electron chi connectivity index (χ2n) is 12.5. The van der Waals surface area contributed by atoms with E-state index in [-0.39, 0.29) is 35.6 Å². The molecule has 0 radical (unpaired) electrons. The first-order valence-corrected chi connectivity index (χ1v) is 14.9. The zero-order valence-electron chi connectivity index (χ0n) is 23.8. The summed E-state index contributed by atoms with van der Waals surface area (Å²) in [4.78, 5) is 0. The second kappa shape index (κ2) is 13.0. The summed E-state index contributed by atoms with van der Waals surface area (Å²) < 4.78 is 1.80. The van der Waals surface area contributed by atoms with E-state index in [2.05, 4.69) is 97.0 Å². The molecule has 0 heterocycles. The molecule has 2 aliphatic carbocycles.